The van der Waals surface area contributed by atoms with Crippen LogP contribution in [0.3, 0.4) is 0 Å². The van der Waals surface area contributed by atoms with Gasteiger partial charge >= 0.3 is 0 Å². The zero-order chi connectivity index (χ0) is 17.4. The van der Waals surface area contributed by atoms with Crippen molar-refractivity contribution >= 4 is 33.4 Å². The average molecular weight is 349 g/mol. The van der Waals surface area contributed by atoms with E-state index < -0.39 is 6.04 Å². The average Bonchev–Trinajstić information content (AvgIpc) is 3.09. The molecule has 0 aliphatic carbocycles. The van der Waals surface area contributed by atoms with E-state index in [0.717, 1.165) is 29.0 Å². The van der Waals surface area contributed by atoms with Crippen LogP contribution in [-0.2, 0) is 11.8 Å². The van der Waals surface area contributed by atoms with Crippen molar-refractivity contribution in [3.63, 3.8) is 0 Å². The van der Waals surface area contributed by atoms with Crippen LogP contribution >= 0.6 is 11.3 Å². The van der Waals surface area contributed by atoms with Gasteiger partial charge in [-0.05, 0) is 26.8 Å². The van der Waals surface area contributed by atoms with Gasteiger partial charge in [-0.3, -0.25) is 14.3 Å². The van der Waals surface area contributed by atoms with E-state index in [1.165, 1.54) is 11.3 Å². The van der Waals surface area contributed by atoms with Crippen LogP contribution in [0.25, 0.3) is 10.2 Å². The van der Waals surface area contributed by atoms with Crippen LogP contribution in [-0.4, -0.2) is 58.2 Å². The third-order valence-electron chi connectivity index (χ3n) is 4.42. The Balaban J connectivity index is 1.70. The number of hydrogen-bond acceptors (Lipinski definition) is 5. The molecule has 24 heavy (non-hydrogen) atoms. The van der Waals surface area contributed by atoms with Gasteiger partial charge in [-0.1, -0.05) is 0 Å². The lowest BCUT2D eigenvalue weighted by Gasteiger charge is -2.35. The lowest BCUT2D eigenvalue weighted by molar-refractivity contribution is -0.135. The van der Waals surface area contributed by atoms with Crippen LogP contribution in [0.2, 0.25) is 0 Å². The fourth-order valence-electron chi connectivity index (χ4n) is 3.06. The quantitative estimate of drug-likeness (QED) is 0.862. The molecular formula is C16H23N5O2S. The number of nitrogens with zero attached hydrogens (tertiary/aromatic N) is 3. The summed E-state index contributed by atoms with van der Waals surface area (Å²) in [5.41, 5.74) is 0.904. The van der Waals surface area contributed by atoms with E-state index in [2.05, 4.69) is 15.7 Å². The summed E-state index contributed by atoms with van der Waals surface area (Å²) in [5, 5.41) is 11.4. The zero-order valence-electron chi connectivity index (χ0n) is 14.4. The minimum absolute atomic E-state index is 0.0312. The maximum absolute atomic E-state index is 12.6. The van der Waals surface area contributed by atoms with E-state index in [-0.39, 0.29) is 17.9 Å². The van der Waals surface area contributed by atoms with Crippen molar-refractivity contribution in [2.45, 2.75) is 32.9 Å². The molecule has 2 amide bonds. The molecular weight excluding hydrogens is 326 g/mol. The van der Waals surface area contributed by atoms with Gasteiger partial charge in [0.05, 0.1) is 10.6 Å². The van der Waals surface area contributed by atoms with Crippen LogP contribution in [0.1, 0.15) is 29.2 Å². The first-order valence-corrected chi connectivity index (χ1v) is 8.95. The number of aryl methyl sites for hydroxylation is 2. The molecule has 8 heteroatoms. The van der Waals surface area contributed by atoms with Crippen LogP contribution < -0.4 is 10.6 Å². The summed E-state index contributed by atoms with van der Waals surface area (Å²) >= 11 is 1.40. The third kappa shape index (κ3) is 3.03. The lowest BCUT2D eigenvalue weighted by atomic mass is 10.1. The Morgan fingerprint density at radius 1 is 1.50 bits per heavy atom. The third-order valence-corrected chi connectivity index (χ3v) is 5.62. The van der Waals surface area contributed by atoms with Crippen molar-refractivity contribution in [2.24, 2.45) is 7.05 Å². The number of hydrogen-bond donors (Lipinski definition) is 2. The van der Waals surface area contributed by atoms with Gasteiger partial charge < -0.3 is 15.5 Å². The fourth-order valence-corrected chi connectivity index (χ4v) is 4.09. The molecule has 2 aromatic rings. The molecule has 2 aromatic heterocycles. The number of carbonyl (C=O) groups is 2. The zero-order valence-corrected chi connectivity index (χ0v) is 15.2. The predicted octanol–water partition coefficient (Wildman–Crippen LogP) is 0.882. The highest BCUT2D eigenvalue weighted by Crippen LogP contribution is 2.27. The summed E-state index contributed by atoms with van der Waals surface area (Å²) in [6.45, 7) is 7.94. The van der Waals surface area contributed by atoms with E-state index in [1.807, 2.05) is 31.9 Å². The van der Waals surface area contributed by atoms with Crippen LogP contribution in [0.5, 0.6) is 0 Å². The van der Waals surface area contributed by atoms with E-state index in [1.54, 1.807) is 11.6 Å². The largest absolute Gasteiger partial charge is 0.340 e. The van der Waals surface area contributed by atoms with Gasteiger partial charge in [0.2, 0.25) is 5.91 Å². The van der Waals surface area contributed by atoms with Gasteiger partial charge in [0, 0.05) is 38.1 Å². The lowest BCUT2D eigenvalue weighted by Crippen LogP contribution is -2.57. The Labute approximate surface area is 145 Å². The molecule has 3 heterocycles. The number of aromatic nitrogens is 2. The summed E-state index contributed by atoms with van der Waals surface area (Å²) in [5.74, 6) is -0.240. The first-order chi connectivity index (χ1) is 11.4. The molecule has 1 aliphatic heterocycles. The summed E-state index contributed by atoms with van der Waals surface area (Å²) in [6, 6.07) is 1.45. The van der Waals surface area contributed by atoms with Gasteiger partial charge in [-0.15, -0.1) is 11.3 Å². The van der Waals surface area contributed by atoms with Crippen LogP contribution in [0, 0.1) is 6.92 Å². The van der Waals surface area contributed by atoms with Crippen molar-refractivity contribution in [1.82, 2.24) is 25.3 Å². The first-order valence-electron chi connectivity index (χ1n) is 8.13. The molecule has 0 radical (unpaired) electrons. The van der Waals surface area contributed by atoms with Crippen LogP contribution in [0.15, 0.2) is 6.07 Å². The Kier molecular flexibility index (Phi) is 4.60. The van der Waals surface area contributed by atoms with E-state index >= 15 is 0 Å². The topological polar surface area (TPSA) is 79.3 Å². The van der Waals surface area contributed by atoms with Gasteiger partial charge in [0.1, 0.15) is 10.9 Å². The molecule has 0 spiro atoms. The van der Waals surface area contributed by atoms with Crippen molar-refractivity contribution in [3.05, 3.63) is 16.6 Å². The first kappa shape index (κ1) is 16.9. The summed E-state index contributed by atoms with van der Waals surface area (Å²) < 4.78 is 1.78. The number of carbonyl (C=O) groups excluding carboxylic acids is 2. The Morgan fingerprint density at radius 2 is 2.25 bits per heavy atom. The molecule has 3 rings (SSSR count). The smallest absolute Gasteiger partial charge is 0.262 e. The summed E-state index contributed by atoms with van der Waals surface area (Å²) in [7, 11) is 1.87. The molecule has 1 unspecified atom stereocenters. The number of amides is 2. The number of piperazine rings is 1. The number of rotatable bonds is 3. The molecule has 130 valence electrons. The molecule has 2 atom stereocenters. The Morgan fingerprint density at radius 3 is 2.92 bits per heavy atom. The molecule has 1 aliphatic rings. The van der Waals surface area contributed by atoms with Gasteiger partial charge in [0.25, 0.3) is 5.91 Å². The maximum Gasteiger partial charge on any atom is 0.262 e. The van der Waals surface area contributed by atoms with E-state index in [9.17, 15) is 9.59 Å². The van der Waals surface area contributed by atoms with Gasteiger partial charge in [-0.25, -0.2) is 0 Å². The molecule has 0 bridgehead atoms. The molecule has 0 saturated carbocycles. The van der Waals surface area contributed by atoms with Crippen molar-refractivity contribution < 1.29 is 9.59 Å². The molecule has 1 fully saturated rings. The number of fused-ring (bicyclic) bond motifs is 1. The Bertz CT molecular complexity index is 746. The second-order valence-corrected chi connectivity index (χ2v) is 7.35. The van der Waals surface area contributed by atoms with Crippen molar-refractivity contribution in [1.29, 1.82) is 0 Å². The maximum atomic E-state index is 12.6. The molecule has 0 aromatic carbocycles. The molecule has 2 N–H and O–H groups in total. The molecule has 7 nitrogen and oxygen atoms in total. The minimum Gasteiger partial charge on any atom is -0.340 e. The van der Waals surface area contributed by atoms with E-state index in [4.69, 9.17) is 0 Å². The number of thiophene rings is 1. The second-order valence-electron chi connectivity index (χ2n) is 6.32. The Hall–Kier alpha value is -1.93. The van der Waals surface area contributed by atoms with Crippen molar-refractivity contribution in [2.75, 3.05) is 19.6 Å². The highest BCUT2D eigenvalue weighted by Gasteiger charge is 2.28. The van der Waals surface area contributed by atoms with Crippen molar-refractivity contribution in [3.8, 4) is 0 Å². The summed E-state index contributed by atoms with van der Waals surface area (Å²) in [6.07, 6.45) is 0. The van der Waals surface area contributed by atoms with Gasteiger partial charge in [-0.2, -0.15) is 5.10 Å². The van der Waals surface area contributed by atoms with Crippen LogP contribution in [0.4, 0.5) is 0 Å². The summed E-state index contributed by atoms with van der Waals surface area (Å²) in [4.78, 5) is 28.5. The highest BCUT2D eigenvalue weighted by molar-refractivity contribution is 7.20. The minimum atomic E-state index is -0.539. The standard InChI is InChI=1S/C16H23N5O2S/c1-9-8-17-5-6-21(9)15(23)11(3)18-14(22)13-7-12-10(2)19-20(4)16(12)24-13/h7,9,11,17H,5-6,8H2,1-4H3,(H,18,22)/t9-,11?/m1/s1. The monoisotopic (exact) mass is 349 g/mol. The predicted molar refractivity (Wildman–Crippen MR) is 94.3 cm³/mol. The SMILES string of the molecule is Cc1nn(C)c2sc(C(=O)NC(C)C(=O)N3CCNC[C@H]3C)cc12. The fraction of sp³-hybridized carbons (Fsp3) is 0.562. The molecule has 1 saturated heterocycles. The normalized spacial score (nSPS) is 19.5. The second kappa shape index (κ2) is 6.52. The van der Waals surface area contributed by atoms with E-state index in [0.29, 0.717) is 11.4 Å². The highest BCUT2D eigenvalue weighted by atomic mass is 32.1. The number of nitrogens with one attached hydrogen (secondary N) is 2. The van der Waals surface area contributed by atoms with Gasteiger partial charge in [0.15, 0.2) is 0 Å².